The van der Waals surface area contributed by atoms with Crippen molar-refractivity contribution < 1.29 is 9.18 Å². The molecule has 0 aromatic carbocycles. The largest absolute Gasteiger partial charge is 0.344 e. The minimum Gasteiger partial charge on any atom is -0.344 e. The van der Waals surface area contributed by atoms with E-state index in [4.69, 9.17) is 0 Å². The van der Waals surface area contributed by atoms with Gasteiger partial charge in [-0.15, -0.1) is 0 Å². The molecule has 1 N–H and O–H groups in total. The lowest BCUT2D eigenvalue weighted by molar-refractivity contribution is -0.128. The summed E-state index contributed by atoms with van der Waals surface area (Å²) in [5, 5.41) is 3.11. The number of carbonyl (C=O) groups excluding carboxylic acids is 1. The molecule has 1 amide bonds. The van der Waals surface area contributed by atoms with Crippen molar-refractivity contribution in [3.63, 3.8) is 0 Å². The van der Waals surface area contributed by atoms with Gasteiger partial charge in [-0.3, -0.25) is 9.78 Å². The van der Waals surface area contributed by atoms with Crippen LogP contribution >= 0.6 is 0 Å². The van der Waals surface area contributed by atoms with E-state index in [-0.39, 0.29) is 17.8 Å². The third-order valence-electron chi connectivity index (χ3n) is 2.74. The van der Waals surface area contributed by atoms with Crippen molar-refractivity contribution in [2.45, 2.75) is 19.0 Å². The van der Waals surface area contributed by atoms with Crippen molar-refractivity contribution in [1.29, 1.82) is 0 Å². The van der Waals surface area contributed by atoms with E-state index in [9.17, 15) is 9.18 Å². The van der Waals surface area contributed by atoms with Crippen molar-refractivity contribution in [3.05, 3.63) is 29.8 Å². The van der Waals surface area contributed by atoms with Crippen molar-refractivity contribution in [3.8, 4) is 0 Å². The summed E-state index contributed by atoms with van der Waals surface area (Å²) in [7, 11) is 1.79. The van der Waals surface area contributed by atoms with Crippen molar-refractivity contribution in [1.82, 2.24) is 15.2 Å². The summed E-state index contributed by atoms with van der Waals surface area (Å²) in [5.41, 5.74) is 0.752. The summed E-state index contributed by atoms with van der Waals surface area (Å²) < 4.78 is 12.8. The number of aromatic nitrogens is 1. The van der Waals surface area contributed by atoms with Crippen LogP contribution in [0.3, 0.4) is 0 Å². The molecule has 2 rings (SSSR count). The van der Waals surface area contributed by atoms with Crippen LogP contribution < -0.4 is 5.32 Å². The number of hydrogen-bond donors (Lipinski definition) is 1. The van der Waals surface area contributed by atoms with Crippen LogP contribution in [0, 0.1) is 5.82 Å². The first-order chi connectivity index (χ1) is 7.66. The molecule has 5 heteroatoms. The molecule has 1 unspecified atom stereocenters. The summed E-state index contributed by atoms with van der Waals surface area (Å²) in [6, 6.07) is 1.27. The lowest BCUT2D eigenvalue weighted by Crippen LogP contribution is -2.36. The Bertz CT molecular complexity index is 397. The standard InChI is InChI=1S/C11H14FN3O/c1-15-3-2-10(11(15)16)14-6-8-4-9(12)7-13-5-8/h4-5,7,10,14H,2-3,6H2,1H3. The fourth-order valence-corrected chi connectivity index (χ4v) is 1.81. The van der Waals surface area contributed by atoms with Gasteiger partial charge in [0.15, 0.2) is 0 Å². The fourth-order valence-electron chi connectivity index (χ4n) is 1.81. The lowest BCUT2D eigenvalue weighted by Gasteiger charge is -2.11. The topological polar surface area (TPSA) is 45.2 Å². The number of pyridine rings is 1. The van der Waals surface area contributed by atoms with E-state index in [2.05, 4.69) is 10.3 Å². The summed E-state index contributed by atoms with van der Waals surface area (Å²) >= 11 is 0. The molecule has 16 heavy (non-hydrogen) atoms. The van der Waals surface area contributed by atoms with E-state index in [1.54, 1.807) is 18.1 Å². The van der Waals surface area contributed by atoms with Gasteiger partial charge in [-0.05, 0) is 18.1 Å². The Morgan fingerprint density at radius 3 is 3.06 bits per heavy atom. The summed E-state index contributed by atoms with van der Waals surface area (Å²) in [5.74, 6) is -0.251. The van der Waals surface area contributed by atoms with Crippen LogP contribution in [0.5, 0.6) is 0 Å². The molecule has 1 aliphatic rings. The summed E-state index contributed by atoms with van der Waals surface area (Å²) in [6.45, 7) is 1.24. The maximum Gasteiger partial charge on any atom is 0.239 e. The number of hydrogen-bond acceptors (Lipinski definition) is 3. The van der Waals surface area contributed by atoms with Crippen molar-refractivity contribution >= 4 is 5.91 Å². The van der Waals surface area contributed by atoms with Gasteiger partial charge in [0, 0.05) is 26.3 Å². The molecule has 0 saturated carbocycles. The number of nitrogens with zero attached hydrogens (tertiary/aromatic N) is 2. The van der Waals surface area contributed by atoms with Gasteiger partial charge in [0.2, 0.25) is 5.91 Å². The van der Waals surface area contributed by atoms with Gasteiger partial charge in [-0.1, -0.05) is 0 Å². The van der Waals surface area contributed by atoms with Gasteiger partial charge in [0.05, 0.1) is 12.2 Å². The highest BCUT2D eigenvalue weighted by molar-refractivity contribution is 5.83. The number of halogens is 1. The molecular weight excluding hydrogens is 209 g/mol. The summed E-state index contributed by atoms with van der Waals surface area (Å²) in [6.07, 6.45) is 3.56. The molecule has 1 atom stereocenters. The zero-order valence-electron chi connectivity index (χ0n) is 9.11. The third kappa shape index (κ3) is 2.36. The maximum atomic E-state index is 12.8. The minimum atomic E-state index is -0.353. The molecule has 0 aliphatic carbocycles. The average Bonchev–Trinajstić information content (AvgIpc) is 2.57. The second kappa shape index (κ2) is 4.57. The minimum absolute atomic E-state index is 0.101. The first-order valence-corrected chi connectivity index (χ1v) is 5.24. The second-order valence-corrected chi connectivity index (χ2v) is 3.99. The number of likely N-dealkylation sites (N-methyl/N-ethyl adjacent to an activating group) is 1. The quantitative estimate of drug-likeness (QED) is 0.813. The maximum absolute atomic E-state index is 12.8. The van der Waals surface area contributed by atoms with Gasteiger partial charge in [-0.2, -0.15) is 0 Å². The average molecular weight is 223 g/mol. The molecule has 2 heterocycles. The summed E-state index contributed by atoms with van der Waals surface area (Å²) in [4.78, 5) is 17.0. The van der Waals surface area contributed by atoms with Crippen LogP contribution in [-0.2, 0) is 11.3 Å². The predicted molar refractivity (Wildman–Crippen MR) is 57.1 cm³/mol. The first-order valence-electron chi connectivity index (χ1n) is 5.24. The van der Waals surface area contributed by atoms with E-state index in [0.717, 1.165) is 24.7 Å². The normalized spacial score (nSPS) is 20.5. The van der Waals surface area contributed by atoms with Gasteiger partial charge >= 0.3 is 0 Å². The highest BCUT2D eigenvalue weighted by Gasteiger charge is 2.28. The molecule has 1 aromatic heterocycles. The third-order valence-corrected chi connectivity index (χ3v) is 2.74. The van der Waals surface area contributed by atoms with Crippen LogP contribution in [-0.4, -0.2) is 35.4 Å². The Balaban J connectivity index is 1.90. The Hall–Kier alpha value is -1.49. The SMILES string of the molecule is CN1CCC(NCc2cncc(F)c2)C1=O. The van der Waals surface area contributed by atoms with E-state index in [1.807, 2.05) is 0 Å². The predicted octanol–water partition coefficient (Wildman–Crippen LogP) is 0.541. The first kappa shape index (κ1) is 11.0. The smallest absolute Gasteiger partial charge is 0.239 e. The Labute approximate surface area is 93.5 Å². The number of carbonyl (C=O) groups is 1. The molecular formula is C11H14FN3O. The number of likely N-dealkylation sites (tertiary alicyclic amines) is 1. The molecule has 1 fully saturated rings. The highest BCUT2D eigenvalue weighted by Crippen LogP contribution is 2.09. The highest BCUT2D eigenvalue weighted by atomic mass is 19.1. The molecule has 1 aliphatic heterocycles. The van der Waals surface area contributed by atoms with Crippen LogP contribution in [0.2, 0.25) is 0 Å². The lowest BCUT2D eigenvalue weighted by atomic mass is 10.2. The van der Waals surface area contributed by atoms with Crippen molar-refractivity contribution in [2.24, 2.45) is 0 Å². The fraction of sp³-hybridized carbons (Fsp3) is 0.455. The van der Waals surface area contributed by atoms with Crippen molar-refractivity contribution in [2.75, 3.05) is 13.6 Å². The van der Waals surface area contributed by atoms with Crippen LogP contribution in [0.1, 0.15) is 12.0 Å². The van der Waals surface area contributed by atoms with Crippen LogP contribution in [0.25, 0.3) is 0 Å². The molecule has 1 saturated heterocycles. The van der Waals surface area contributed by atoms with E-state index >= 15 is 0 Å². The molecule has 86 valence electrons. The molecule has 0 spiro atoms. The van der Waals surface area contributed by atoms with Gasteiger partial charge in [0.25, 0.3) is 0 Å². The van der Waals surface area contributed by atoms with Gasteiger partial charge < -0.3 is 10.2 Å². The Morgan fingerprint density at radius 1 is 1.62 bits per heavy atom. The Morgan fingerprint density at radius 2 is 2.44 bits per heavy atom. The van der Waals surface area contributed by atoms with Gasteiger partial charge in [0.1, 0.15) is 5.82 Å². The number of nitrogens with one attached hydrogen (secondary N) is 1. The van der Waals surface area contributed by atoms with E-state index in [0.29, 0.717) is 6.54 Å². The number of amides is 1. The molecule has 1 aromatic rings. The molecule has 0 bridgehead atoms. The Kier molecular flexibility index (Phi) is 3.14. The zero-order valence-corrected chi connectivity index (χ0v) is 9.11. The number of rotatable bonds is 3. The van der Waals surface area contributed by atoms with Crippen LogP contribution in [0.4, 0.5) is 4.39 Å². The molecule has 4 nitrogen and oxygen atoms in total. The van der Waals surface area contributed by atoms with E-state index in [1.165, 1.54) is 6.07 Å². The second-order valence-electron chi connectivity index (χ2n) is 3.99. The molecule has 0 radical (unpaired) electrons. The van der Waals surface area contributed by atoms with Crippen LogP contribution in [0.15, 0.2) is 18.5 Å². The van der Waals surface area contributed by atoms with Gasteiger partial charge in [-0.25, -0.2) is 4.39 Å². The van der Waals surface area contributed by atoms with E-state index < -0.39 is 0 Å². The monoisotopic (exact) mass is 223 g/mol. The zero-order chi connectivity index (χ0) is 11.5.